The number of rotatable bonds is 6. The Morgan fingerprint density at radius 1 is 1.07 bits per heavy atom. The molecule has 0 saturated heterocycles. The number of nitrogens with one attached hydrogen (secondary N) is 1. The first kappa shape index (κ1) is 22.6. The molecule has 0 fully saturated rings. The van der Waals surface area contributed by atoms with Gasteiger partial charge in [-0.25, -0.2) is 5.43 Å². The van der Waals surface area contributed by atoms with Crippen molar-refractivity contribution < 1.29 is 9.53 Å². The molecule has 0 atom stereocenters. The van der Waals surface area contributed by atoms with E-state index in [1.807, 2.05) is 25.1 Å². The van der Waals surface area contributed by atoms with Crippen LogP contribution in [0.4, 0.5) is 0 Å². The fourth-order valence-electron chi connectivity index (χ4n) is 2.50. The largest absolute Gasteiger partial charge is 0.488 e. The maximum atomic E-state index is 12.3. The van der Waals surface area contributed by atoms with Gasteiger partial charge in [0, 0.05) is 36.2 Å². The van der Waals surface area contributed by atoms with Gasteiger partial charge in [-0.15, -0.1) is 0 Å². The summed E-state index contributed by atoms with van der Waals surface area (Å²) < 4.78 is 6.75. The number of carbonyl (C=O) groups is 1. The molecule has 3 aromatic rings. The van der Waals surface area contributed by atoms with Crippen LogP contribution < -0.4 is 10.2 Å². The van der Waals surface area contributed by atoms with Crippen molar-refractivity contribution in [1.82, 2.24) is 5.43 Å². The van der Waals surface area contributed by atoms with Gasteiger partial charge in [-0.2, -0.15) is 5.10 Å². The van der Waals surface area contributed by atoms with E-state index in [-0.39, 0.29) is 12.5 Å². The first-order valence-corrected chi connectivity index (χ1v) is 10.7. The molecule has 0 saturated carbocycles. The Morgan fingerprint density at radius 2 is 1.87 bits per heavy atom. The van der Waals surface area contributed by atoms with Crippen LogP contribution >= 0.6 is 50.7 Å². The highest BCUT2D eigenvalue weighted by Crippen LogP contribution is 2.26. The van der Waals surface area contributed by atoms with E-state index in [1.54, 1.807) is 36.4 Å². The van der Waals surface area contributed by atoms with E-state index in [0.717, 1.165) is 15.6 Å². The van der Waals surface area contributed by atoms with Crippen molar-refractivity contribution in [3.63, 3.8) is 0 Å². The molecular formula is C22H16BrCl3N2O2. The average molecular weight is 527 g/mol. The summed E-state index contributed by atoms with van der Waals surface area (Å²) >= 11 is 21.6. The standard InChI is InChI=1S/C22H16BrCl3N2O2/c1-13-2-3-14(9-19(13)25)22(29)28-27-11-16-8-17(23)5-7-21(16)30-12-15-4-6-18(24)10-20(15)26/h2-11H,12H2,1H3,(H,28,29)/b27-11-. The van der Waals surface area contributed by atoms with Crippen LogP contribution in [0.15, 0.2) is 64.2 Å². The summed E-state index contributed by atoms with van der Waals surface area (Å²) in [6.45, 7) is 2.13. The van der Waals surface area contributed by atoms with Crippen LogP contribution in [-0.4, -0.2) is 12.1 Å². The lowest BCUT2D eigenvalue weighted by Crippen LogP contribution is -2.17. The zero-order valence-electron chi connectivity index (χ0n) is 15.8. The van der Waals surface area contributed by atoms with E-state index in [2.05, 4.69) is 26.5 Å². The molecule has 1 amide bonds. The van der Waals surface area contributed by atoms with Crippen LogP contribution in [-0.2, 0) is 6.61 Å². The maximum absolute atomic E-state index is 12.3. The van der Waals surface area contributed by atoms with Crippen molar-refractivity contribution in [3.8, 4) is 5.75 Å². The topological polar surface area (TPSA) is 50.7 Å². The Balaban J connectivity index is 1.71. The predicted molar refractivity (Wildman–Crippen MR) is 126 cm³/mol. The fourth-order valence-corrected chi connectivity index (χ4v) is 3.53. The van der Waals surface area contributed by atoms with Gasteiger partial charge in [-0.1, -0.05) is 62.9 Å². The highest BCUT2D eigenvalue weighted by Gasteiger charge is 2.08. The molecular weight excluding hydrogens is 511 g/mol. The summed E-state index contributed by atoms with van der Waals surface area (Å²) in [5.41, 5.74) is 5.29. The lowest BCUT2D eigenvalue weighted by atomic mass is 10.1. The molecule has 154 valence electrons. The monoisotopic (exact) mass is 524 g/mol. The molecule has 0 bridgehead atoms. The van der Waals surface area contributed by atoms with E-state index in [1.165, 1.54) is 6.21 Å². The lowest BCUT2D eigenvalue weighted by Gasteiger charge is -2.11. The minimum Gasteiger partial charge on any atom is -0.488 e. The quantitative estimate of drug-likeness (QED) is 0.276. The molecule has 0 aliphatic carbocycles. The highest BCUT2D eigenvalue weighted by atomic mass is 79.9. The third kappa shape index (κ3) is 5.99. The van der Waals surface area contributed by atoms with Crippen molar-refractivity contribution in [2.24, 2.45) is 5.10 Å². The lowest BCUT2D eigenvalue weighted by molar-refractivity contribution is 0.0955. The minimum absolute atomic E-state index is 0.257. The molecule has 1 N–H and O–H groups in total. The zero-order valence-corrected chi connectivity index (χ0v) is 19.6. The van der Waals surface area contributed by atoms with Crippen molar-refractivity contribution in [2.75, 3.05) is 0 Å². The van der Waals surface area contributed by atoms with Crippen LogP contribution in [0.25, 0.3) is 0 Å². The van der Waals surface area contributed by atoms with Crippen molar-refractivity contribution in [3.05, 3.63) is 96.4 Å². The minimum atomic E-state index is -0.362. The van der Waals surface area contributed by atoms with Crippen LogP contribution in [0.2, 0.25) is 15.1 Å². The number of ether oxygens (including phenoxy) is 1. The highest BCUT2D eigenvalue weighted by molar-refractivity contribution is 9.10. The van der Waals surface area contributed by atoms with Gasteiger partial charge in [0.1, 0.15) is 12.4 Å². The molecule has 30 heavy (non-hydrogen) atoms. The number of benzene rings is 3. The summed E-state index contributed by atoms with van der Waals surface area (Å²) in [6, 6.07) is 15.8. The van der Waals surface area contributed by atoms with E-state index in [9.17, 15) is 4.79 Å². The van der Waals surface area contributed by atoms with Crippen molar-refractivity contribution in [1.29, 1.82) is 0 Å². The van der Waals surface area contributed by atoms with Gasteiger partial charge in [-0.05, 0) is 55.0 Å². The summed E-state index contributed by atoms with van der Waals surface area (Å²) in [6.07, 6.45) is 1.51. The molecule has 0 aromatic heterocycles. The molecule has 3 aromatic carbocycles. The molecule has 0 spiro atoms. The third-order valence-corrected chi connectivity index (χ3v) is 5.66. The maximum Gasteiger partial charge on any atom is 0.271 e. The predicted octanol–water partition coefficient (Wildman–Crippen LogP) is 7.06. The van der Waals surface area contributed by atoms with Crippen molar-refractivity contribution >= 4 is 62.9 Å². The first-order chi connectivity index (χ1) is 14.3. The number of nitrogens with zero attached hydrogens (tertiary/aromatic N) is 1. The average Bonchev–Trinajstić information content (AvgIpc) is 2.70. The number of hydrazone groups is 1. The normalized spacial score (nSPS) is 11.0. The molecule has 0 aliphatic heterocycles. The molecule has 0 unspecified atom stereocenters. The molecule has 0 aliphatic rings. The van der Waals surface area contributed by atoms with Gasteiger partial charge in [0.25, 0.3) is 5.91 Å². The van der Waals surface area contributed by atoms with Crippen LogP contribution in [0.3, 0.4) is 0 Å². The summed E-state index contributed by atoms with van der Waals surface area (Å²) in [5, 5.41) is 5.65. The Bertz CT molecular complexity index is 1120. The van der Waals surface area contributed by atoms with Gasteiger partial charge in [0.05, 0.1) is 6.21 Å². The summed E-state index contributed by atoms with van der Waals surface area (Å²) in [5.74, 6) is 0.221. The fraction of sp³-hybridized carbons (Fsp3) is 0.0909. The molecule has 4 nitrogen and oxygen atoms in total. The summed E-state index contributed by atoms with van der Waals surface area (Å²) in [7, 11) is 0. The van der Waals surface area contributed by atoms with Gasteiger partial charge < -0.3 is 4.74 Å². The second-order valence-corrected chi connectivity index (χ2v) is 8.54. The van der Waals surface area contributed by atoms with Crippen LogP contribution in [0.5, 0.6) is 5.75 Å². The summed E-state index contributed by atoms with van der Waals surface area (Å²) in [4.78, 5) is 12.3. The van der Waals surface area contributed by atoms with E-state index < -0.39 is 0 Å². The Labute approximate surface area is 197 Å². The molecule has 8 heteroatoms. The molecule has 3 rings (SSSR count). The number of hydrogen-bond donors (Lipinski definition) is 1. The van der Waals surface area contributed by atoms with Gasteiger partial charge in [-0.3, -0.25) is 4.79 Å². The van der Waals surface area contributed by atoms with E-state index in [0.29, 0.717) is 31.9 Å². The first-order valence-electron chi connectivity index (χ1n) is 8.79. The van der Waals surface area contributed by atoms with Crippen LogP contribution in [0.1, 0.15) is 27.0 Å². The number of hydrogen-bond acceptors (Lipinski definition) is 3. The number of amides is 1. The number of halogens is 4. The zero-order chi connectivity index (χ0) is 21.7. The van der Waals surface area contributed by atoms with Crippen molar-refractivity contribution in [2.45, 2.75) is 13.5 Å². The Kier molecular flexibility index (Phi) is 7.78. The van der Waals surface area contributed by atoms with E-state index in [4.69, 9.17) is 39.5 Å². The van der Waals surface area contributed by atoms with Gasteiger partial charge >= 0.3 is 0 Å². The van der Waals surface area contributed by atoms with E-state index >= 15 is 0 Å². The molecule has 0 heterocycles. The SMILES string of the molecule is Cc1ccc(C(=O)N/N=C\c2cc(Br)ccc2OCc2ccc(Cl)cc2Cl)cc1Cl. The van der Waals surface area contributed by atoms with Gasteiger partial charge in [0.15, 0.2) is 0 Å². The smallest absolute Gasteiger partial charge is 0.271 e. The van der Waals surface area contributed by atoms with Crippen LogP contribution in [0, 0.1) is 6.92 Å². The molecule has 0 radical (unpaired) electrons. The van der Waals surface area contributed by atoms with Gasteiger partial charge in [0.2, 0.25) is 0 Å². The number of carbonyl (C=O) groups excluding carboxylic acids is 1. The second-order valence-electron chi connectivity index (χ2n) is 6.37. The second kappa shape index (κ2) is 10.3. The Morgan fingerprint density at radius 3 is 2.60 bits per heavy atom. The third-order valence-electron chi connectivity index (χ3n) is 4.17. The number of aryl methyl sites for hydroxylation is 1. The Hall–Kier alpha value is -2.05.